The van der Waals surface area contributed by atoms with Crippen LogP contribution in [0, 0.1) is 0 Å². The lowest BCUT2D eigenvalue weighted by atomic mass is 10.1. The molecule has 2 rings (SSSR count). The molecule has 0 aromatic carbocycles. The molecule has 0 radical (unpaired) electrons. The first kappa shape index (κ1) is 13.1. The Kier molecular flexibility index (Phi) is 3.79. The highest BCUT2D eigenvalue weighted by molar-refractivity contribution is 6.03. The number of ether oxygens (including phenoxy) is 1. The lowest BCUT2D eigenvalue weighted by molar-refractivity contribution is 0.102. The van der Waals surface area contributed by atoms with Gasteiger partial charge in [0, 0.05) is 12.0 Å². The molecule has 0 saturated heterocycles. The Morgan fingerprint density at radius 2 is 2.21 bits per heavy atom. The normalized spacial score (nSPS) is 10.5. The lowest BCUT2D eigenvalue weighted by Gasteiger charge is -2.06. The van der Waals surface area contributed by atoms with Crippen LogP contribution < -0.4 is 10.1 Å². The van der Waals surface area contributed by atoms with Gasteiger partial charge in [0.25, 0.3) is 5.91 Å². The molecule has 0 fully saturated rings. The van der Waals surface area contributed by atoms with E-state index in [4.69, 9.17) is 9.26 Å². The Balaban J connectivity index is 2.18. The highest BCUT2D eigenvalue weighted by Gasteiger charge is 2.16. The number of carbonyl (C=O) groups excluding carboxylic acids is 1. The number of nitrogens with one attached hydrogen (secondary N) is 1. The number of pyridine rings is 1. The van der Waals surface area contributed by atoms with Gasteiger partial charge < -0.3 is 14.6 Å². The predicted octanol–water partition coefficient (Wildman–Crippen LogP) is 2.45. The molecule has 2 aromatic rings. The van der Waals surface area contributed by atoms with Crippen molar-refractivity contribution in [1.82, 2.24) is 10.1 Å². The van der Waals surface area contributed by atoms with Crippen LogP contribution in [0.1, 0.15) is 36.0 Å². The molecule has 6 heteroatoms. The smallest absolute Gasteiger partial charge is 0.274 e. The monoisotopic (exact) mass is 261 g/mol. The van der Waals surface area contributed by atoms with Crippen molar-refractivity contribution in [2.75, 3.05) is 12.4 Å². The molecule has 100 valence electrons. The molecule has 0 aliphatic carbocycles. The first-order valence-corrected chi connectivity index (χ1v) is 5.88. The van der Waals surface area contributed by atoms with E-state index in [9.17, 15) is 4.79 Å². The SMILES string of the molecule is COc1cccc(C(=O)Nc2cnoc2C(C)C)n1. The fourth-order valence-electron chi connectivity index (χ4n) is 1.60. The second-order valence-electron chi connectivity index (χ2n) is 4.28. The minimum absolute atomic E-state index is 0.135. The van der Waals surface area contributed by atoms with E-state index < -0.39 is 0 Å². The summed E-state index contributed by atoms with van der Waals surface area (Å²) in [7, 11) is 1.50. The van der Waals surface area contributed by atoms with Crippen LogP contribution in [0.5, 0.6) is 5.88 Å². The standard InChI is InChI=1S/C13H15N3O3/c1-8(2)12-10(7-14-19-12)16-13(17)9-5-4-6-11(15-9)18-3/h4-8H,1-3H3,(H,16,17). The van der Waals surface area contributed by atoms with Gasteiger partial charge in [-0.2, -0.15) is 0 Å². The van der Waals surface area contributed by atoms with Crippen LogP contribution in [0.3, 0.4) is 0 Å². The van der Waals surface area contributed by atoms with Gasteiger partial charge in [-0.15, -0.1) is 0 Å². The fourth-order valence-corrected chi connectivity index (χ4v) is 1.60. The summed E-state index contributed by atoms with van der Waals surface area (Å²) in [5.74, 6) is 0.832. The summed E-state index contributed by atoms with van der Waals surface area (Å²) >= 11 is 0. The van der Waals surface area contributed by atoms with Crippen LogP contribution in [0.25, 0.3) is 0 Å². The number of carbonyl (C=O) groups is 1. The van der Waals surface area contributed by atoms with E-state index in [1.54, 1.807) is 18.2 Å². The van der Waals surface area contributed by atoms with Crippen molar-refractivity contribution in [3.63, 3.8) is 0 Å². The molecule has 0 aliphatic heterocycles. The average molecular weight is 261 g/mol. The third-order valence-corrected chi connectivity index (χ3v) is 2.54. The number of methoxy groups -OCH3 is 1. The number of nitrogens with zero attached hydrogens (tertiary/aromatic N) is 2. The van der Waals surface area contributed by atoms with Gasteiger partial charge >= 0.3 is 0 Å². The molecule has 19 heavy (non-hydrogen) atoms. The average Bonchev–Trinajstić information content (AvgIpc) is 2.87. The summed E-state index contributed by atoms with van der Waals surface area (Å²) in [6.45, 7) is 3.92. The van der Waals surface area contributed by atoms with Crippen molar-refractivity contribution in [3.8, 4) is 5.88 Å². The maximum atomic E-state index is 12.1. The van der Waals surface area contributed by atoms with Crippen molar-refractivity contribution < 1.29 is 14.1 Å². The summed E-state index contributed by atoms with van der Waals surface area (Å²) in [5, 5.41) is 6.42. The van der Waals surface area contributed by atoms with E-state index in [2.05, 4.69) is 15.5 Å². The summed E-state index contributed by atoms with van der Waals surface area (Å²) in [4.78, 5) is 16.1. The van der Waals surface area contributed by atoms with Gasteiger partial charge in [0.1, 0.15) is 11.4 Å². The van der Waals surface area contributed by atoms with Crippen molar-refractivity contribution >= 4 is 11.6 Å². The zero-order valence-corrected chi connectivity index (χ0v) is 11.0. The van der Waals surface area contributed by atoms with Crippen LogP contribution in [-0.4, -0.2) is 23.2 Å². The van der Waals surface area contributed by atoms with Crippen molar-refractivity contribution in [3.05, 3.63) is 35.9 Å². The van der Waals surface area contributed by atoms with Crippen LogP contribution in [0.15, 0.2) is 28.9 Å². The fraction of sp³-hybridized carbons (Fsp3) is 0.308. The van der Waals surface area contributed by atoms with E-state index in [0.717, 1.165) is 0 Å². The number of hydrogen-bond acceptors (Lipinski definition) is 5. The van der Waals surface area contributed by atoms with E-state index in [0.29, 0.717) is 17.3 Å². The minimum Gasteiger partial charge on any atom is -0.481 e. The Bertz CT molecular complexity index is 578. The topological polar surface area (TPSA) is 77.2 Å². The largest absolute Gasteiger partial charge is 0.481 e. The maximum absolute atomic E-state index is 12.1. The lowest BCUT2D eigenvalue weighted by Crippen LogP contribution is -2.14. The highest BCUT2D eigenvalue weighted by atomic mass is 16.5. The number of anilines is 1. The molecule has 2 aromatic heterocycles. The van der Waals surface area contributed by atoms with Crippen LogP contribution in [0.2, 0.25) is 0 Å². The molecule has 1 amide bonds. The van der Waals surface area contributed by atoms with Crippen LogP contribution in [0.4, 0.5) is 5.69 Å². The summed E-state index contributed by atoms with van der Waals surface area (Å²) in [5.41, 5.74) is 0.833. The van der Waals surface area contributed by atoms with Gasteiger partial charge in [-0.3, -0.25) is 4.79 Å². The minimum atomic E-state index is -0.330. The van der Waals surface area contributed by atoms with Gasteiger partial charge in [0.2, 0.25) is 5.88 Å². The summed E-state index contributed by atoms with van der Waals surface area (Å²) in [6, 6.07) is 4.99. The molecule has 0 spiro atoms. The zero-order chi connectivity index (χ0) is 13.8. The van der Waals surface area contributed by atoms with Crippen LogP contribution in [-0.2, 0) is 0 Å². The number of aromatic nitrogens is 2. The summed E-state index contributed by atoms with van der Waals surface area (Å²) in [6.07, 6.45) is 1.48. The van der Waals surface area contributed by atoms with Crippen molar-refractivity contribution in [2.45, 2.75) is 19.8 Å². The second kappa shape index (κ2) is 5.51. The number of hydrogen-bond donors (Lipinski definition) is 1. The molecule has 0 bridgehead atoms. The zero-order valence-electron chi connectivity index (χ0n) is 11.0. The Morgan fingerprint density at radius 1 is 1.42 bits per heavy atom. The Labute approximate surface area is 110 Å². The van der Waals surface area contributed by atoms with Gasteiger partial charge in [-0.05, 0) is 6.07 Å². The number of rotatable bonds is 4. The van der Waals surface area contributed by atoms with Crippen molar-refractivity contribution in [1.29, 1.82) is 0 Å². The molecule has 2 heterocycles. The van der Waals surface area contributed by atoms with Crippen molar-refractivity contribution in [2.24, 2.45) is 0 Å². The van der Waals surface area contributed by atoms with Gasteiger partial charge in [0.15, 0.2) is 5.76 Å². The quantitative estimate of drug-likeness (QED) is 0.914. The predicted molar refractivity (Wildman–Crippen MR) is 69.3 cm³/mol. The van der Waals surface area contributed by atoms with E-state index in [1.807, 2.05) is 13.8 Å². The first-order chi connectivity index (χ1) is 9.11. The van der Waals surface area contributed by atoms with Gasteiger partial charge in [-0.25, -0.2) is 4.98 Å². The van der Waals surface area contributed by atoms with E-state index >= 15 is 0 Å². The Morgan fingerprint density at radius 3 is 2.89 bits per heavy atom. The first-order valence-electron chi connectivity index (χ1n) is 5.88. The molecule has 0 aliphatic rings. The molecular weight excluding hydrogens is 246 g/mol. The molecule has 1 N–H and O–H groups in total. The Hall–Kier alpha value is -2.37. The maximum Gasteiger partial charge on any atom is 0.274 e. The third-order valence-electron chi connectivity index (χ3n) is 2.54. The summed E-state index contributed by atoms with van der Waals surface area (Å²) < 4.78 is 10.1. The molecule has 0 atom stereocenters. The molecule has 0 saturated carbocycles. The van der Waals surface area contributed by atoms with E-state index in [1.165, 1.54) is 13.3 Å². The number of amides is 1. The van der Waals surface area contributed by atoms with Gasteiger partial charge in [0.05, 0.1) is 13.3 Å². The molecule has 0 unspecified atom stereocenters. The molecular formula is C13H15N3O3. The van der Waals surface area contributed by atoms with Crippen LogP contribution >= 0.6 is 0 Å². The molecule has 6 nitrogen and oxygen atoms in total. The second-order valence-corrected chi connectivity index (χ2v) is 4.28. The highest BCUT2D eigenvalue weighted by Crippen LogP contribution is 2.23. The third kappa shape index (κ3) is 2.90. The van der Waals surface area contributed by atoms with Gasteiger partial charge in [-0.1, -0.05) is 25.1 Å². The van der Waals surface area contributed by atoms with E-state index in [-0.39, 0.29) is 17.5 Å².